The largest absolute Gasteiger partial charge is 0.462 e. The lowest BCUT2D eigenvalue weighted by molar-refractivity contribution is -0.139. The minimum atomic E-state index is -0.816. The van der Waals surface area contributed by atoms with Crippen molar-refractivity contribution in [1.82, 2.24) is 0 Å². The lowest BCUT2D eigenvalue weighted by Gasteiger charge is -2.15. The number of anilines is 1. The molecule has 1 rings (SSSR count). The quantitative estimate of drug-likeness (QED) is 0.193. The van der Waals surface area contributed by atoms with Crippen LogP contribution in [0.1, 0.15) is 18.9 Å². The summed E-state index contributed by atoms with van der Waals surface area (Å²) in [7, 11) is 0. The van der Waals surface area contributed by atoms with Gasteiger partial charge in [-0.15, -0.1) is 0 Å². The topological polar surface area (TPSA) is 85.3 Å². The van der Waals surface area contributed by atoms with Crippen molar-refractivity contribution in [3.05, 3.63) is 42.0 Å². The number of hydrogen-bond acceptors (Lipinski definition) is 6. The third-order valence-electron chi connectivity index (χ3n) is 2.69. The first-order valence-electron chi connectivity index (χ1n) is 6.89. The van der Waals surface area contributed by atoms with Crippen LogP contribution < -0.4 is 5.01 Å². The second-order valence-electron chi connectivity index (χ2n) is 4.72. The third-order valence-corrected chi connectivity index (χ3v) is 2.69. The van der Waals surface area contributed by atoms with Crippen LogP contribution in [0.4, 0.5) is 10.5 Å². The molecule has 0 spiro atoms. The highest BCUT2D eigenvalue weighted by atomic mass is 16.6. The minimum absolute atomic E-state index is 0.0129. The Labute approximate surface area is 134 Å². The van der Waals surface area contributed by atoms with E-state index in [1.165, 1.54) is 6.08 Å². The summed E-state index contributed by atoms with van der Waals surface area (Å²) in [4.78, 5) is 33.6. The van der Waals surface area contributed by atoms with Crippen LogP contribution in [-0.2, 0) is 19.1 Å². The molecule has 0 saturated carbocycles. The van der Waals surface area contributed by atoms with Crippen molar-refractivity contribution < 1.29 is 23.9 Å². The molecule has 0 aliphatic carbocycles. The molecule has 0 aliphatic heterocycles. The molecule has 0 radical (unpaired) electrons. The highest BCUT2D eigenvalue weighted by Gasteiger charge is 2.16. The van der Waals surface area contributed by atoms with Crippen molar-refractivity contribution in [2.24, 2.45) is 5.10 Å². The predicted molar refractivity (Wildman–Crippen MR) is 83.5 cm³/mol. The maximum atomic E-state index is 11.9. The number of isocyanates is 1. The van der Waals surface area contributed by atoms with Gasteiger partial charge in [0.25, 0.3) is 6.08 Å². The van der Waals surface area contributed by atoms with E-state index in [1.807, 2.05) is 6.92 Å². The third kappa shape index (κ3) is 6.15. The first-order valence-corrected chi connectivity index (χ1v) is 6.89. The van der Waals surface area contributed by atoms with E-state index in [-0.39, 0.29) is 13.2 Å². The maximum Gasteiger partial charge on any atom is 0.435 e. The molecule has 122 valence electrons. The Hall–Kier alpha value is -2.92. The Morgan fingerprint density at radius 1 is 1.22 bits per heavy atom. The van der Waals surface area contributed by atoms with Crippen LogP contribution in [0, 0.1) is 6.92 Å². The standard InChI is InChI=1S/C16H18N2O5/c1-12(2)15(20)22-9-4-10-23-16(21)18(17-11-19)14-7-5-13(3)6-8-14/h5-8H,1,4,9-10H2,2-3H3. The summed E-state index contributed by atoms with van der Waals surface area (Å²) in [5.74, 6) is -0.497. The Kier molecular flexibility index (Phi) is 7.23. The molecule has 0 aromatic heterocycles. The average molecular weight is 318 g/mol. The summed E-state index contributed by atoms with van der Waals surface area (Å²) < 4.78 is 9.85. The number of hydrogen-bond donors (Lipinski definition) is 0. The van der Waals surface area contributed by atoms with Crippen molar-refractivity contribution in [3.63, 3.8) is 0 Å². The monoisotopic (exact) mass is 318 g/mol. The van der Waals surface area contributed by atoms with E-state index < -0.39 is 12.1 Å². The molecule has 7 nitrogen and oxygen atoms in total. The van der Waals surface area contributed by atoms with Crippen LogP contribution >= 0.6 is 0 Å². The first kappa shape index (κ1) is 18.1. The van der Waals surface area contributed by atoms with Crippen molar-refractivity contribution in [3.8, 4) is 0 Å². The van der Waals surface area contributed by atoms with Gasteiger partial charge in [0.2, 0.25) is 0 Å². The fourth-order valence-corrected chi connectivity index (χ4v) is 1.50. The molecule has 23 heavy (non-hydrogen) atoms. The Balaban J connectivity index is 2.50. The van der Waals surface area contributed by atoms with E-state index >= 15 is 0 Å². The number of aryl methyl sites for hydroxylation is 1. The molecule has 0 atom stereocenters. The van der Waals surface area contributed by atoms with Crippen LogP contribution in [0.3, 0.4) is 0 Å². The molecule has 0 unspecified atom stereocenters. The Morgan fingerprint density at radius 2 is 1.83 bits per heavy atom. The van der Waals surface area contributed by atoms with E-state index in [2.05, 4.69) is 11.7 Å². The summed E-state index contributed by atoms with van der Waals surface area (Å²) in [5, 5.41) is 4.14. The zero-order valence-electron chi connectivity index (χ0n) is 13.1. The van der Waals surface area contributed by atoms with Gasteiger partial charge < -0.3 is 9.47 Å². The van der Waals surface area contributed by atoms with Crippen LogP contribution in [-0.4, -0.2) is 31.4 Å². The van der Waals surface area contributed by atoms with E-state index in [0.717, 1.165) is 10.6 Å². The van der Waals surface area contributed by atoms with Crippen molar-refractivity contribution in [2.75, 3.05) is 18.2 Å². The van der Waals surface area contributed by atoms with Gasteiger partial charge in [-0.1, -0.05) is 29.4 Å². The molecule has 1 amide bonds. The molecule has 0 N–H and O–H groups in total. The van der Waals surface area contributed by atoms with Gasteiger partial charge in [0, 0.05) is 12.0 Å². The second-order valence-corrected chi connectivity index (χ2v) is 4.72. The normalized spacial score (nSPS) is 9.48. The summed E-state index contributed by atoms with van der Waals surface area (Å²) in [6, 6.07) is 6.80. The number of hydrazone groups is 1. The Bertz CT molecular complexity index is 618. The van der Waals surface area contributed by atoms with E-state index in [4.69, 9.17) is 9.47 Å². The Morgan fingerprint density at radius 3 is 2.39 bits per heavy atom. The fourth-order valence-electron chi connectivity index (χ4n) is 1.50. The minimum Gasteiger partial charge on any atom is -0.462 e. The maximum absolute atomic E-state index is 11.9. The van der Waals surface area contributed by atoms with Crippen LogP contribution in [0.15, 0.2) is 41.5 Å². The molecule has 0 heterocycles. The summed E-state index contributed by atoms with van der Waals surface area (Å²) in [5.41, 5.74) is 1.68. The predicted octanol–water partition coefficient (Wildman–Crippen LogP) is 2.70. The van der Waals surface area contributed by atoms with Gasteiger partial charge in [-0.3, -0.25) is 0 Å². The van der Waals surface area contributed by atoms with Gasteiger partial charge in [-0.05, 0) is 26.0 Å². The molecule has 1 aromatic rings. The van der Waals surface area contributed by atoms with Gasteiger partial charge in [0.15, 0.2) is 0 Å². The zero-order valence-corrected chi connectivity index (χ0v) is 13.1. The van der Waals surface area contributed by atoms with Crippen LogP contribution in [0.2, 0.25) is 0 Å². The zero-order chi connectivity index (χ0) is 17.2. The van der Waals surface area contributed by atoms with Crippen molar-refractivity contribution in [2.45, 2.75) is 20.3 Å². The van der Waals surface area contributed by atoms with Crippen LogP contribution in [0.5, 0.6) is 0 Å². The number of carbonyl (C=O) groups excluding carboxylic acids is 3. The first-order chi connectivity index (χ1) is 11.0. The lowest BCUT2D eigenvalue weighted by atomic mass is 10.2. The van der Waals surface area contributed by atoms with Crippen molar-refractivity contribution in [1.29, 1.82) is 0 Å². The van der Waals surface area contributed by atoms with Gasteiger partial charge in [-0.2, -0.15) is 5.01 Å². The smallest absolute Gasteiger partial charge is 0.435 e. The number of esters is 1. The van der Waals surface area contributed by atoms with Gasteiger partial charge in [-0.25, -0.2) is 14.4 Å². The molecule has 0 bridgehead atoms. The van der Waals surface area contributed by atoms with Crippen LogP contribution in [0.25, 0.3) is 0 Å². The molecule has 0 saturated heterocycles. The molecular formula is C16H18N2O5. The lowest BCUT2D eigenvalue weighted by Crippen LogP contribution is -2.26. The van der Waals surface area contributed by atoms with E-state index in [9.17, 15) is 14.4 Å². The summed E-state index contributed by atoms with van der Waals surface area (Å²) in [6.45, 7) is 6.99. The highest BCUT2D eigenvalue weighted by Crippen LogP contribution is 2.16. The fraction of sp³-hybridized carbons (Fsp3) is 0.312. The number of rotatable bonds is 7. The molecule has 1 aromatic carbocycles. The van der Waals surface area contributed by atoms with E-state index in [0.29, 0.717) is 17.7 Å². The average Bonchev–Trinajstić information content (AvgIpc) is 2.52. The SMILES string of the molecule is C=C(C)C(=O)OCCCOC(=O)N(N=C=O)c1ccc(C)cc1. The number of benzene rings is 1. The molecule has 0 aliphatic rings. The summed E-state index contributed by atoms with van der Waals surface area (Å²) in [6.07, 6.45) is 0.812. The van der Waals surface area contributed by atoms with E-state index in [1.54, 1.807) is 31.2 Å². The number of nitrogens with zero attached hydrogens (tertiary/aromatic N) is 2. The highest BCUT2D eigenvalue weighted by molar-refractivity contribution is 5.87. The second kappa shape index (κ2) is 9.17. The van der Waals surface area contributed by atoms with Crippen molar-refractivity contribution >= 4 is 23.8 Å². The summed E-state index contributed by atoms with van der Waals surface area (Å²) >= 11 is 0. The molecule has 7 heteroatoms. The number of ether oxygens (including phenoxy) is 2. The van der Waals surface area contributed by atoms with Gasteiger partial charge in [0.05, 0.1) is 18.9 Å². The molecule has 0 fully saturated rings. The molecular weight excluding hydrogens is 300 g/mol. The van der Waals surface area contributed by atoms with Gasteiger partial charge >= 0.3 is 12.1 Å². The van der Waals surface area contributed by atoms with Gasteiger partial charge in [0.1, 0.15) is 0 Å². The number of carbonyl (C=O) groups is 2. The number of amides is 1.